The van der Waals surface area contributed by atoms with Gasteiger partial charge in [0.05, 0.1) is 19.8 Å². The zero-order chi connectivity index (χ0) is 13.5. The van der Waals surface area contributed by atoms with Crippen LogP contribution in [0.3, 0.4) is 0 Å². The number of nitrogens with one attached hydrogen (secondary N) is 2. The lowest BCUT2D eigenvalue weighted by atomic mass is 10.2. The number of likely N-dealkylation sites (N-methyl/N-ethyl adjacent to an activating group) is 1. The van der Waals surface area contributed by atoms with Gasteiger partial charge < -0.3 is 20.3 Å². The fourth-order valence-corrected chi connectivity index (χ4v) is 2.02. The van der Waals surface area contributed by atoms with E-state index in [4.69, 9.17) is 4.74 Å². The summed E-state index contributed by atoms with van der Waals surface area (Å²) in [6.07, 6.45) is 0. The molecule has 0 spiro atoms. The van der Waals surface area contributed by atoms with Crippen molar-refractivity contribution in [2.45, 2.75) is 6.92 Å². The van der Waals surface area contributed by atoms with Crippen molar-refractivity contribution in [1.29, 1.82) is 0 Å². The van der Waals surface area contributed by atoms with Gasteiger partial charge >= 0.3 is 0 Å². The summed E-state index contributed by atoms with van der Waals surface area (Å²) in [6.45, 7) is 6.52. The molecular formula is C14H23Cl2N3O2. The Balaban J connectivity index is 0.00000200. The third-order valence-electron chi connectivity index (χ3n) is 3.06. The number of halogens is 2. The van der Waals surface area contributed by atoms with Crippen molar-refractivity contribution in [3.8, 4) is 0 Å². The topological polar surface area (TPSA) is 53.6 Å². The fraction of sp³-hybridized carbons (Fsp3) is 0.500. The highest BCUT2D eigenvalue weighted by molar-refractivity contribution is 5.92. The standard InChI is InChI=1S/C14H21N3O2.2ClH/c1-2-15-11-14(18)16-12-3-5-13(6-4-12)17-7-9-19-10-8-17;;/h3-6,15H,2,7-11H2,1H3,(H,16,18);2*1H. The summed E-state index contributed by atoms with van der Waals surface area (Å²) < 4.78 is 5.33. The highest BCUT2D eigenvalue weighted by Crippen LogP contribution is 2.18. The molecule has 5 nitrogen and oxygen atoms in total. The van der Waals surface area contributed by atoms with Crippen LogP contribution in [0.2, 0.25) is 0 Å². The van der Waals surface area contributed by atoms with Crippen LogP contribution in [-0.4, -0.2) is 45.3 Å². The van der Waals surface area contributed by atoms with Gasteiger partial charge in [0, 0.05) is 24.5 Å². The summed E-state index contributed by atoms with van der Waals surface area (Å²) in [4.78, 5) is 13.8. The number of amides is 1. The summed E-state index contributed by atoms with van der Waals surface area (Å²) in [5.41, 5.74) is 2.01. The normalized spacial score (nSPS) is 13.9. The zero-order valence-corrected chi connectivity index (χ0v) is 13.8. The SMILES string of the molecule is CCNCC(=O)Nc1ccc(N2CCOCC2)cc1.Cl.Cl. The van der Waals surface area contributed by atoms with Crippen molar-refractivity contribution in [2.24, 2.45) is 0 Å². The largest absolute Gasteiger partial charge is 0.378 e. The van der Waals surface area contributed by atoms with Gasteiger partial charge in [0.15, 0.2) is 0 Å². The fourth-order valence-electron chi connectivity index (χ4n) is 2.02. The molecule has 1 aromatic rings. The van der Waals surface area contributed by atoms with Gasteiger partial charge in [0.25, 0.3) is 0 Å². The minimum Gasteiger partial charge on any atom is -0.378 e. The minimum absolute atomic E-state index is 0. The average molecular weight is 336 g/mol. The third kappa shape index (κ3) is 6.52. The summed E-state index contributed by atoms with van der Waals surface area (Å²) >= 11 is 0. The molecule has 1 heterocycles. The van der Waals surface area contributed by atoms with Gasteiger partial charge in [0.1, 0.15) is 0 Å². The van der Waals surface area contributed by atoms with E-state index in [-0.39, 0.29) is 30.7 Å². The summed E-state index contributed by atoms with van der Waals surface area (Å²) in [7, 11) is 0. The second-order valence-corrected chi connectivity index (χ2v) is 4.47. The zero-order valence-electron chi connectivity index (χ0n) is 12.1. The lowest BCUT2D eigenvalue weighted by molar-refractivity contribution is -0.115. The van der Waals surface area contributed by atoms with Gasteiger partial charge in [-0.2, -0.15) is 0 Å². The van der Waals surface area contributed by atoms with Crippen LogP contribution in [0.25, 0.3) is 0 Å². The first-order valence-electron chi connectivity index (χ1n) is 6.73. The third-order valence-corrected chi connectivity index (χ3v) is 3.06. The lowest BCUT2D eigenvalue weighted by Gasteiger charge is -2.28. The Morgan fingerprint density at radius 3 is 2.38 bits per heavy atom. The molecule has 0 atom stereocenters. The molecular weight excluding hydrogens is 313 g/mol. The molecule has 0 aliphatic carbocycles. The van der Waals surface area contributed by atoms with Gasteiger partial charge in [-0.15, -0.1) is 24.8 Å². The minimum atomic E-state index is -0.0130. The van der Waals surface area contributed by atoms with Crippen LogP contribution in [0.1, 0.15) is 6.92 Å². The highest BCUT2D eigenvalue weighted by Gasteiger charge is 2.10. The number of nitrogens with zero attached hydrogens (tertiary/aromatic N) is 1. The predicted octanol–water partition coefficient (Wildman–Crippen LogP) is 1.91. The maximum absolute atomic E-state index is 11.6. The Morgan fingerprint density at radius 1 is 1.19 bits per heavy atom. The van der Waals surface area contributed by atoms with Crippen LogP contribution in [0.4, 0.5) is 11.4 Å². The van der Waals surface area contributed by atoms with Crippen LogP contribution in [0, 0.1) is 0 Å². The summed E-state index contributed by atoms with van der Waals surface area (Å²) in [5, 5.41) is 5.86. The van der Waals surface area contributed by atoms with Gasteiger partial charge in [-0.1, -0.05) is 6.92 Å². The van der Waals surface area contributed by atoms with E-state index in [0.717, 1.165) is 38.5 Å². The molecule has 1 aliphatic rings. The number of benzene rings is 1. The predicted molar refractivity (Wildman–Crippen MR) is 91.1 cm³/mol. The number of morpholine rings is 1. The second kappa shape index (κ2) is 10.7. The number of carbonyl (C=O) groups is 1. The number of hydrogen-bond donors (Lipinski definition) is 2. The molecule has 2 rings (SSSR count). The van der Waals surface area contributed by atoms with Gasteiger partial charge in [0.2, 0.25) is 5.91 Å². The molecule has 120 valence electrons. The van der Waals surface area contributed by atoms with E-state index in [1.54, 1.807) is 0 Å². The molecule has 7 heteroatoms. The summed E-state index contributed by atoms with van der Waals surface area (Å²) in [5.74, 6) is -0.0130. The Morgan fingerprint density at radius 2 is 1.81 bits per heavy atom. The van der Waals surface area contributed by atoms with E-state index in [1.807, 2.05) is 31.2 Å². The monoisotopic (exact) mass is 335 g/mol. The Labute approximate surface area is 138 Å². The Kier molecular flexibility index (Phi) is 10.2. The number of anilines is 2. The van der Waals surface area contributed by atoms with Crippen LogP contribution in [0.5, 0.6) is 0 Å². The number of rotatable bonds is 5. The highest BCUT2D eigenvalue weighted by atomic mass is 35.5. The molecule has 0 saturated carbocycles. The first-order valence-corrected chi connectivity index (χ1v) is 6.73. The average Bonchev–Trinajstić information content (AvgIpc) is 2.47. The molecule has 0 unspecified atom stereocenters. The first-order chi connectivity index (χ1) is 9.29. The number of carbonyl (C=O) groups excluding carboxylic acids is 1. The molecule has 1 saturated heterocycles. The first kappa shape index (κ1) is 20.0. The van der Waals surface area contributed by atoms with Crippen molar-refractivity contribution in [3.05, 3.63) is 24.3 Å². The summed E-state index contributed by atoms with van der Waals surface area (Å²) in [6, 6.07) is 7.95. The molecule has 2 N–H and O–H groups in total. The number of hydrogen-bond acceptors (Lipinski definition) is 4. The van der Waals surface area contributed by atoms with Crippen molar-refractivity contribution >= 4 is 42.1 Å². The molecule has 1 aliphatic heterocycles. The molecule has 1 fully saturated rings. The van der Waals surface area contributed by atoms with Crippen LogP contribution in [0.15, 0.2) is 24.3 Å². The molecule has 0 radical (unpaired) electrons. The molecule has 1 amide bonds. The van der Waals surface area contributed by atoms with E-state index in [9.17, 15) is 4.79 Å². The van der Waals surface area contributed by atoms with Crippen LogP contribution >= 0.6 is 24.8 Å². The molecule has 0 bridgehead atoms. The second-order valence-electron chi connectivity index (χ2n) is 4.47. The van der Waals surface area contributed by atoms with Crippen molar-refractivity contribution in [3.63, 3.8) is 0 Å². The van der Waals surface area contributed by atoms with E-state index < -0.39 is 0 Å². The quantitative estimate of drug-likeness (QED) is 0.863. The van der Waals surface area contributed by atoms with Crippen LogP contribution < -0.4 is 15.5 Å². The lowest BCUT2D eigenvalue weighted by Crippen LogP contribution is -2.36. The Bertz CT molecular complexity index is 409. The van der Waals surface area contributed by atoms with Crippen molar-refractivity contribution in [2.75, 3.05) is 49.6 Å². The Hall–Kier alpha value is -1.01. The smallest absolute Gasteiger partial charge is 0.238 e. The van der Waals surface area contributed by atoms with E-state index >= 15 is 0 Å². The van der Waals surface area contributed by atoms with Gasteiger partial charge in [-0.3, -0.25) is 4.79 Å². The van der Waals surface area contributed by atoms with Gasteiger partial charge in [-0.05, 0) is 30.8 Å². The van der Waals surface area contributed by atoms with Gasteiger partial charge in [-0.25, -0.2) is 0 Å². The maximum atomic E-state index is 11.6. The molecule has 1 aromatic carbocycles. The molecule has 21 heavy (non-hydrogen) atoms. The number of ether oxygens (including phenoxy) is 1. The van der Waals surface area contributed by atoms with Crippen LogP contribution in [-0.2, 0) is 9.53 Å². The van der Waals surface area contributed by atoms with E-state index in [1.165, 1.54) is 5.69 Å². The van der Waals surface area contributed by atoms with E-state index in [0.29, 0.717) is 6.54 Å². The molecule has 0 aromatic heterocycles. The van der Waals surface area contributed by atoms with Crippen molar-refractivity contribution < 1.29 is 9.53 Å². The maximum Gasteiger partial charge on any atom is 0.238 e. The van der Waals surface area contributed by atoms with Crippen molar-refractivity contribution in [1.82, 2.24) is 5.32 Å². The van der Waals surface area contributed by atoms with E-state index in [2.05, 4.69) is 15.5 Å².